The molecule has 0 spiro atoms. The molecule has 0 radical (unpaired) electrons. The number of rotatable bonds is 3. The lowest BCUT2D eigenvalue weighted by Gasteiger charge is -2.24. The van der Waals surface area contributed by atoms with Crippen LogP contribution in [-0.2, 0) is 9.84 Å². The minimum Gasteiger partial charge on any atom is -0.331 e. The van der Waals surface area contributed by atoms with Gasteiger partial charge in [0.05, 0.1) is 21.5 Å². The van der Waals surface area contributed by atoms with Crippen LogP contribution >= 0.6 is 22.9 Å². The van der Waals surface area contributed by atoms with E-state index < -0.39 is 9.84 Å². The van der Waals surface area contributed by atoms with Gasteiger partial charge in [-0.15, -0.1) is 11.3 Å². The highest BCUT2D eigenvalue weighted by Gasteiger charge is 2.32. The summed E-state index contributed by atoms with van der Waals surface area (Å²) in [6, 6.07) is 8.31. The zero-order chi connectivity index (χ0) is 16.6. The number of likely N-dealkylation sites (tertiary alicyclic amines) is 1. The minimum absolute atomic E-state index is 0.0421. The fourth-order valence-electron chi connectivity index (χ4n) is 2.84. The average Bonchev–Trinajstić information content (AvgIpc) is 3.16. The van der Waals surface area contributed by atoms with Crippen LogP contribution in [0.5, 0.6) is 0 Å². The molecule has 1 aliphatic rings. The third-order valence-electron chi connectivity index (χ3n) is 3.98. The molecule has 7 heteroatoms. The Balaban J connectivity index is 1.97. The van der Waals surface area contributed by atoms with Gasteiger partial charge in [-0.25, -0.2) is 8.42 Å². The van der Waals surface area contributed by atoms with Crippen molar-refractivity contribution in [3.05, 3.63) is 51.2 Å². The molecule has 1 aliphatic heterocycles. The molecule has 0 unspecified atom stereocenters. The maximum atomic E-state index is 12.9. The van der Waals surface area contributed by atoms with E-state index in [0.29, 0.717) is 6.54 Å². The van der Waals surface area contributed by atoms with Crippen LogP contribution < -0.4 is 0 Å². The Morgan fingerprint density at radius 1 is 1.35 bits per heavy atom. The second-order valence-corrected chi connectivity index (χ2v) is 8.99. The van der Waals surface area contributed by atoms with Crippen LogP contribution in [0.15, 0.2) is 40.6 Å². The minimum atomic E-state index is -3.38. The lowest BCUT2D eigenvalue weighted by atomic mass is 10.1. The summed E-state index contributed by atoms with van der Waals surface area (Å²) < 4.78 is 23.5. The fourth-order valence-corrected chi connectivity index (χ4v) is 4.56. The van der Waals surface area contributed by atoms with Crippen LogP contribution in [-0.4, -0.2) is 32.0 Å². The molecule has 1 fully saturated rings. The van der Waals surface area contributed by atoms with Crippen LogP contribution in [0, 0.1) is 0 Å². The van der Waals surface area contributed by atoms with Crippen molar-refractivity contribution in [2.45, 2.75) is 23.8 Å². The van der Waals surface area contributed by atoms with Crippen molar-refractivity contribution in [3.63, 3.8) is 0 Å². The van der Waals surface area contributed by atoms with Gasteiger partial charge in [-0.05, 0) is 42.5 Å². The topological polar surface area (TPSA) is 54.5 Å². The highest BCUT2D eigenvalue weighted by molar-refractivity contribution is 7.90. The van der Waals surface area contributed by atoms with Crippen molar-refractivity contribution in [2.75, 3.05) is 12.8 Å². The Hall–Kier alpha value is -1.37. The first kappa shape index (κ1) is 16.5. The van der Waals surface area contributed by atoms with E-state index in [2.05, 4.69) is 0 Å². The van der Waals surface area contributed by atoms with E-state index in [-0.39, 0.29) is 27.4 Å². The average molecular weight is 370 g/mol. The Morgan fingerprint density at radius 3 is 2.78 bits per heavy atom. The van der Waals surface area contributed by atoms with Crippen molar-refractivity contribution in [1.82, 2.24) is 4.90 Å². The SMILES string of the molecule is CS(=O)(=O)c1ccc(Cl)c(C(=O)N2CCC[C@H]2c2cccs2)c1. The fraction of sp³-hybridized carbons (Fsp3) is 0.312. The molecular weight excluding hydrogens is 354 g/mol. The maximum Gasteiger partial charge on any atom is 0.255 e. The van der Waals surface area contributed by atoms with E-state index >= 15 is 0 Å². The molecule has 1 atom stereocenters. The molecule has 1 aromatic carbocycles. The first-order valence-corrected chi connectivity index (χ1v) is 10.4. The smallest absolute Gasteiger partial charge is 0.255 e. The molecule has 1 saturated heterocycles. The summed E-state index contributed by atoms with van der Waals surface area (Å²) in [6.07, 6.45) is 2.96. The standard InChI is InChI=1S/C16H16ClNO3S2/c1-23(20,21)11-6-7-13(17)12(10-11)16(19)18-8-2-4-14(18)15-5-3-9-22-15/h3,5-7,9-10,14H,2,4,8H2,1H3/t14-/m0/s1. The summed E-state index contributed by atoms with van der Waals surface area (Å²) in [4.78, 5) is 15.9. The van der Waals surface area contributed by atoms with Gasteiger partial charge in [-0.1, -0.05) is 17.7 Å². The van der Waals surface area contributed by atoms with Gasteiger partial charge in [0.2, 0.25) is 0 Å². The number of benzene rings is 1. The van der Waals surface area contributed by atoms with E-state index in [0.717, 1.165) is 24.0 Å². The molecule has 2 heterocycles. The van der Waals surface area contributed by atoms with Crippen molar-refractivity contribution in [3.8, 4) is 0 Å². The summed E-state index contributed by atoms with van der Waals surface area (Å²) in [5.41, 5.74) is 0.248. The number of halogens is 1. The molecule has 23 heavy (non-hydrogen) atoms. The summed E-state index contributed by atoms with van der Waals surface area (Å²) >= 11 is 7.78. The normalized spacial score (nSPS) is 18.3. The van der Waals surface area contributed by atoms with Crippen molar-refractivity contribution in [1.29, 1.82) is 0 Å². The zero-order valence-corrected chi connectivity index (χ0v) is 14.9. The molecule has 0 bridgehead atoms. The number of carbonyl (C=O) groups is 1. The molecule has 4 nitrogen and oxygen atoms in total. The number of sulfone groups is 1. The van der Waals surface area contributed by atoms with Crippen LogP contribution in [0.4, 0.5) is 0 Å². The molecule has 122 valence electrons. The summed E-state index contributed by atoms with van der Waals surface area (Å²) in [5.74, 6) is -0.212. The Bertz CT molecular complexity index is 831. The van der Waals surface area contributed by atoms with Crippen LogP contribution in [0.1, 0.15) is 34.1 Å². The van der Waals surface area contributed by atoms with Crippen molar-refractivity contribution >= 4 is 38.7 Å². The van der Waals surface area contributed by atoms with E-state index in [9.17, 15) is 13.2 Å². The molecular formula is C16H16ClNO3S2. The first-order chi connectivity index (χ1) is 10.9. The third-order valence-corrected chi connectivity index (χ3v) is 6.40. The van der Waals surface area contributed by atoms with Gasteiger partial charge in [-0.3, -0.25) is 4.79 Å². The number of nitrogens with zero attached hydrogens (tertiary/aromatic N) is 1. The third kappa shape index (κ3) is 3.29. The van der Waals surface area contributed by atoms with Gasteiger partial charge in [-0.2, -0.15) is 0 Å². The molecule has 1 aromatic heterocycles. The van der Waals surface area contributed by atoms with E-state index in [4.69, 9.17) is 11.6 Å². The second kappa shape index (κ2) is 6.26. The lowest BCUT2D eigenvalue weighted by Crippen LogP contribution is -2.30. The van der Waals surface area contributed by atoms with Gasteiger partial charge in [0.1, 0.15) is 0 Å². The predicted octanol–water partition coefficient (Wildman–Crippen LogP) is 3.78. The van der Waals surface area contributed by atoms with E-state index in [1.807, 2.05) is 17.5 Å². The lowest BCUT2D eigenvalue weighted by molar-refractivity contribution is 0.0738. The summed E-state index contributed by atoms with van der Waals surface area (Å²) in [7, 11) is -3.38. The number of carbonyl (C=O) groups excluding carboxylic acids is 1. The Labute approximate surface area is 144 Å². The monoisotopic (exact) mass is 369 g/mol. The van der Waals surface area contributed by atoms with E-state index in [1.54, 1.807) is 16.2 Å². The maximum absolute atomic E-state index is 12.9. The van der Waals surface area contributed by atoms with Gasteiger partial charge in [0, 0.05) is 17.7 Å². The quantitative estimate of drug-likeness (QED) is 0.827. The van der Waals surface area contributed by atoms with Crippen molar-refractivity contribution < 1.29 is 13.2 Å². The number of thiophene rings is 1. The molecule has 0 saturated carbocycles. The molecule has 2 aromatic rings. The van der Waals surface area contributed by atoms with Gasteiger partial charge >= 0.3 is 0 Å². The highest BCUT2D eigenvalue weighted by Crippen LogP contribution is 2.36. The van der Waals surface area contributed by atoms with Gasteiger partial charge in [0.25, 0.3) is 5.91 Å². The number of hydrogen-bond donors (Lipinski definition) is 0. The van der Waals surface area contributed by atoms with Crippen LogP contribution in [0.2, 0.25) is 5.02 Å². The van der Waals surface area contributed by atoms with Crippen molar-refractivity contribution in [2.24, 2.45) is 0 Å². The van der Waals surface area contributed by atoms with E-state index in [1.165, 1.54) is 18.2 Å². The predicted molar refractivity (Wildman–Crippen MR) is 91.9 cm³/mol. The Morgan fingerprint density at radius 2 is 2.13 bits per heavy atom. The summed E-state index contributed by atoms with van der Waals surface area (Å²) in [6.45, 7) is 0.654. The highest BCUT2D eigenvalue weighted by atomic mass is 35.5. The first-order valence-electron chi connectivity index (χ1n) is 7.22. The molecule has 1 amide bonds. The second-order valence-electron chi connectivity index (χ2n) is 5.59. The molecule has 0 N–H and O–H groups in total. The van der Waals surface area contributed by atoms with Crippen LogP contribution in [0.25, 0.3) is 0 Å². The number of amides is 1. The molecule has 3 rings (SSSR count). The molecule has 0 aliphatic carbocycles. The van der Waals surface area contributed by atoms with Crippen LogP contribution in [0.3, 0.4) is 0 Å². The largest absolute Gasteiger partial charge is 0.331 e. The van der Waals surface area contributed by atoms with Gasteiger partial charge in [0.15, 0.2) is 9.84 Å². The summed E-state index contributed by atoms with van der Waals surface area (Å²) in [5, 5.41) is 2.27. The van der Waals surface area contributed by atoms with Gasteiger partial charge < -0.3 is 4.90 Å². The Kier molecular flexibility index (Phi) is 4.49. The number of hydrogen-bond acceptors (Lipinski definition) is 4. The zero-order valence-electron chi connectivity index (χ0n) is 12.5.